The maximum Gasteiger partial charge on any atom is 0.231 e. The van der Waals surface area contributed by atoms with E-state index in [1.165, 1.54) is 38.8 Å². The third-order valence-corrected chi connectivity index (χ3v) is 5.76. The van der Waals surface area contributed by atoms with Crippen LogP contribution in [0.2, 0.25) is 0 Å². The molecule has 0 saturated carbocycles. The van der Waals surface area contributed by atoms with Gasteiger partial charge in [-0.2, -0.15) is 0 Å². The van der Waals surface area contributed by atoms with Crippen LogP contribution in [0.4, 0.5) is 0 Å². The second kappa shape index (κ2) is 6.88. The zero-order valence-electron chi connectivity index (χ0n) is 10.1. The zero-order chi connectivity index (χ0) is 12.3. The minimum absolute atomic E-state index is 0.327. The fraction of sp³-hybridized carbons (Fsp3) is 0.917. The van der Waals surface area contributed by atoms with Crippen molar-refractivity contribution < 1.29 is 4.79 Å². The van der Waals surface area contributed by atoms with Crippen molar-refractivity contribution in [1.82, 2.24) is 6.23 Å². The molecule has 1 amide bonds. The molecule has 2 saturated heterocycles. The van der Waals surface area contributed by atoms with Gasteiger partial charge in [0.15, 0.2) is 0 Å². The van der Waals surface area contributed by atoms with E-state index in [4.69, 9.17) is 0 Å². The molecule has 2 unspecified atom stereocenters. The molecule has 2 fully saturated rings. The first-order chi connectivity index (χ1) is 8.16. The second-order valence-corrected chi connectivity index (χ2v) is 7.74. The Labute approximate surface area is 132 Å². The Morgan fingerprint density at radius 3 is 2.53 bits per heavy atom. The van der Waals surface area contributed by atoms with E-state index in [0.29, 0.717) is 11.8 Å². The molecule has 0 aromatic rings. The van der Waals surface area contributed by atoms with E-state index in [0.717, 1.165) is 25.3 Å². The summed E-state index contributed by atoms with van der Waals surface area (Å²) in [6.07, 6.45) is 7.11. The van der Waals surface area contributed by atoms with Crippen molar-refractivity contribution >= 4 is 51.6 Å². The van der Waals surface area contributed by atoms with Gasteiger partial charge in [-0.1, -0.05) is 6.42 Å². The Morgan fingerprint density at radius 2 is 1.71 bits per heavy atom. The summed E-state index contributed by atoms with van der Waals surface area (Å²) >= 11 is 4.66. The molecule has 0 aromatic carbocycles. The lowest BCUT2D eigenvalue weighted by molar-refractivity contribution is -0.125. The molecule has 98 valence electrons. The van der Waals surface area contributed by atoms with Crippen LogP contribution in [0.3, 0.4) is 0 Å². The highest BCUT2D eigenvalue weighted by Crippen LogP contribution is 2.32. The molecule has 2 aliphatic rings. The van der Waals surface area contributed by atoms with Gasteiger partial charge in [0.25, 0.3) is 0 Å². The molecule has 2 rings (SSSR count). The number of hydrogen-bond acceptors (Lipinski definition) is 2. The van der Waals surface area contributed by atoms with E-state index in [9.17, 15) is 4.79 Å². The summed E-state index contributed by atoms with van der Waals surface area (Å²) in [5.41, 5.74) is 0. The highest BCUT2D eigenvalue weighted by atomic mass is 127. The van der Waals surface area contributed by atoms with Gasteiger partial charge >= 0.3 is 0 Å². The number of hydrogen-bond donors (Lipinski definition) is 0. The van der Waals surface area contributed by atoms with Gasteiger partial charge in [0.2, 0.25) is 5.91 Å². The Morgan fingerprint density at radius 1 is 1.00 bits per heavy atom. The Bertz CT molecular complexity index is 275. The third-order valence-electron chi connectivity index (χ3n) is 3.96. The maximum atomic E-state index is 11.7. The first kappa shape index (κ1) is 14.3. The largest absolute Gasteiger partial charge is 0.285 e. The number of carbonyl (C=O) groups excluding carboxylic acids is 1. The fourth-order valence-electron chi connectivity index (χ4n) is 2.93. The summed E-state index contributed by atoms with van der Waals surface area (Å²) in [5, 5.41) is 0. The van der Waals surface area contributed by atoms with Crippen LogP contribution in [0, 0.1) is 11.8 Å². The molecular formula is C12H20I2N2O. The minimum Gasteiger partial charge on any atom is -0.285 e. The number of carbonyl (C=O) groups is 1. The predicted octanol–water partition coefficient (Wildman–Crippen LogP) is 3.42. The summed E-state index contributed by atoms with van der Waals surface area (Å²) < 4.78 is 4.37. The normalized spacial score (nSPS) is 33.3. The average Bonchev–Trinajstić information content (AvgIpc) is 2.59. The molecule has 0 aromatic heterocycles. The summed E-state index contributed by atoms with van der Waals surface area (Å²) in [5.74, 6) is 1.83. The molecule has 2 aliphatic heterocycles. The van der Waals surface area contributed by atoms with Gasteiger partial charge in [-0.15, -0.1) is 0 Å². The summed E-state index contributed by atoms with van der Waals surface area (Å²) in [7, 11) is 0. The number of amides is 1. The van der Waals surface area contributed by atoms with Crippen LogP contribution in [0.15, 0.2) is 0 Å². The van der Waals surface area contributed by atoms with Crippen LogP contribution in [-0.4, -0.2) is 31.8 Å². The van der Waals surface area contributed by atoms with Crippen LogP contribution in [0.5, 0.6) is 0 Å². The zero-order valence-corrected chi connectivity index (χ0v) is 14.4. The van der Waals surface area contributed by atoms with Gasteiger partial charge in [-0.3, -0.25) is 7.91 Å². The van der Waals surface area contributed by atoms with Gasteiger partial charge in [-0.25, -0.2) is 3.11 Å². The van der Waals surface area contributed by atoms with Gasteiger partial charge in [-0.05, 0) is 37.5 Å². The van der Waals surface area contributed by atoms with Crippen molar-refractivity contribution in [3.8, 4) is 0 Å². The molecule has 17 heavy (non-hydrogen) atoms. The highest BCUT2D eigenvalue weighted by molar-refractivity contribution is 14.1. The van der Waals surface area contributed by atoms with E-state index in [-0.39, 0.29) is 0 Å². The van der Waals surface area contributed by atoms with Crippen LogP contribution >= 0.6 is 45.7 Å². The summed E-state index contributed by atoms with van der Waals surface area (Å²) in [4.78, 5) is 11.7. The third kappa shape index (κ3) is 4.19. The van der Waals surface area contributed by atoms with Gasteiger partial charge in [0, 0.05) is 48.9 Å². The lowest BCUT2D eigenvalue weighted by Gasteiger charge is -2.28. The number of nitrogens with zero attached hydrogens (tertiary/aromatic N) is 2. The van der Waals surface area contributed by atoms with E-state index >= 15 is 0 Å². The molecule has 5 heteroatoms. The molecule has 2 atom stereocenters. The van der Waals surface area contributed by atoms with E-state index < -0.39 is 0 Å². The van der Waals surface area contributed by atoms with Gasteiger partial charge < -0.3 is 0 Å². The van der Waals surface area contributed by atoms with Crippen LogP contribution in [-0.2, 0) is 4.79 Å². The first-order valence-corrected chi connectivity index (χ1v) is 8.46. The molecule has 0 aliphatic carbocycles. The molecule has 3 nitrogen and oxygen atoms in total. The van der Waals surface area contributed by atoms with E-state index in [2.05, 4.69) is 48.8 Å². The number of halogens is 2. The lowest BCUT2D eigenvalue weighted by Crippen LogP contribution is -2.31. The average molecular weight is 462 g/mol. The fourth-order valence-corrected chi connectivity index (χ4v) is 4.53. The smallest absolute Gasteiger partial charge is 0.231 e. The second-order valence-electron chi connectivity index (χ2n) is 5.22. The summed E-state index contributed by atoms with van der Waals surface area (Å²) in [6, 6.07) is 0. The first-order valence-electron chi connectivity index (χ1n) is 6.53. The number of rotatable bonds is 1. The molecule has 0 N–H and O–H groups in total. The van der Waals surface area contributed by atoms with E-state index in [1.807, 2.05) is 3.11 Å². The highest BCUT2D eigenvalue weighted by Gasteiger charge is 2.29. The Balaban J connectivity index is 1.97. The minimum atomic E-state index is 0.327. The van der Waals surface area contributed by atoms with Crippen molar-refractivity contribution in [1.29, 1.82) is 0 Å². The van der Waals surface area contributed by atoms with Gasteiger partial charge in [0.1, 0.15) is 0 Å². The van der Waals surface area contributed by atoms with Crippen molar-refractivity contribution in [2.24, 2.45) is 11.8 Å². The van der Waals surface area contributed by atoms with Gasteiger partial charge in [0.05, 0.1) is 22.9 Å². The quantitative estimate of drug-likeness (QED) is 0.441. The predicted molar refractivity (Wildman–Crippen MR) is 86.0 cm³/mol. The van der Waals surface area contributed by atoms with Crippen molar-refractivity contribution in [3.63, 3.8) is 0 Å². The molecule has 0 radical (unpaired) electrons. The Kier molecular flexibility index (Phi) is 5.79. The molecular weight excluding hydrogens is 442 g/mol. The molecule has 2 heterocycles. The van der Waals surface area contributed by atoms with Crippen LogP contribution in [0.1, 0.15) is 38.5 Å². The monoisotopic (exact) mass is 462 g/mol. The maximum absolute atomic E-state index is 11.7. The SMILES string of the molecule is O=C1CCCC(C2CCCCN(I)C2)CN1I. The van der Waals surface area contributed by atoms with Crippen LogP contribution < -0.4 is 0 Å². The molecule has 0 bridgehead atoms. The van der Waals surface area contributed by atoms with Crippen LogP contribution in [0.25, 0.3) is 0 Å². The van der Waals surface area contributed by atoms with Crippen molar-refractivity contribution in [3.05, 3.63) is 0 Å². The van der Waals surface area contributed by atoms with E-state index in [1.54, 1.807) is 0 Å². The van der Waals surface area contributed by atoms with Crippen molar-refractivity contribution in [2.75, 3.05) is 19.6 Å². The van der Waals surface area contributed by atoms with Crippen molar-refractivity contribution in [2.45, 2.75) is 38.5 Å². The topological polar surface area (TPSA) is 23.6 Å². The summed E-state index contributed by atoms with van der Waals surface area (Å²) in [6.45, 7) is 3.41. The molecule has 0 spiro atoms. The lowest BCUT2D eigenvalue weighted by atomic mass is 9.85. The Hall–Kier alpha value is 0.890. The standard InChI is InChI=1S/C12H20I2N2O/c13-15-7-2-1-4-10(8-15)11-5-3-6-12(17)16(14)9-11/h10-11H,1-9H2.